The molecule has 0 aromatic heterocycles. The van der Waals surface area contributed by atoms with Crippen LogP contribution in [0, 0.1) is 34.9 Å². The van der Waals surface area contributed by atoms with E-state index in [2.05, 4.69) is 5.32 Å². The molecule has 0 fully saturated rings. The lowest BCUT2D eigenvalue weighted by Crippen LogP contribution is -2.21. The first-order chi connectivity index (χ1) is 9.88. The van der Waals surface area contributed by atoms with Gasteiger partial charge in [0.15, 0.2) is 34.9 Å². The van der Waals surface area contributed by atoms with Gasteiger partial charge in [-0.2, -0.15) is 0 Å². The number of nitrogens with one attached hydrogen (secondary N) is 1. The molecule has 2 aromatic rings. The maximum absolute atomic E-state index is 13.8. The summed E-state index contributed by atoms with van der Waals surface area (Å²) in [5.74, 6) is -9.32. The second-order valence-electron chi connectivity index (χ2n) is 4.25. The van der Waals surface area contributed by atoms with Crippen molar-refractivity contribution in [3.05, 3.63) is 70.3 Å². The summed E-state index contributed by atoms with van der Waals surface area (Å²) < 4.78 is 79.8. The van der Waals surface area contributed by atoms with E-state index in [0.29, 0.717) is 12.1 Å². The van der Waals surface area contributed by atoms with Crippen molar-refractivity contribution in [3.63, 3.8) is 0 Å². The lowest BCUT2D eigenvalue weighted by Gasteiger charge is -2.19. The van der Waals surface area contributed by atoms with Crippen molar-refractivity contribution in [2.75, 3.05) is 7.05 Å². The van der Waals surface area contributed by atoms with Crippen LogP contribution >= 0.6 is 0 Å². The fourth-order valence-electron chi connectivity index (χ4n) is 2.01. The molecule has 0 unspecified atom stereocenters. The van der Waals surface area contributed by atoms with Gasteiger partial charge in [-0.1, -0.05) is 12.1 Å². The van der Waals surface area contributed by atoms with Crippen molar-refractivity contribution in [3.8, 4) is 0 Å². The summed E-state index contributed by atoms with van der Waals surface area (Å²) in [5, 5.41) is 2.45. The molecule has 0 spiro atoms. The fraction of sp³-hybridized carbons (Fsp3) is 0.143. The summed E-state index contributed by atoms with van der Waals surface area (Å²) >= 11 is 0. The molecule has 0 aliphatic carbocycles. The van der Waals surface area contributed by atoms with Crippen molar-refractivity contribution in [1.82, 2.24) is 5.32 Å². The Bertz CT molecular complexity index is 628. The van der Waals surface area contributed by atoms with Crippen LogP contribution in [0.5, 0.6) is 0 Å². The average Bonchev–Trinajstić information content (AvgIpc) is 2.47. The van der Waals surface area contributed by atoms with Gasteiger partial charge in [0.05, 0.1) is 6.04 Å². The van der Waals surface area contributed by atoms with Gasteiger partial charge in [0.1, 0.15) is 0 Å². The van der Waals surface area contributed by atoms with Gasteiger partial charge < -0.3 is 5.32 Å². The Balaban J connectivity index is 2.61. The van der Waals surface area contributed by atoms with Crippen molar-refractivity contribution in [2.45, 2.75) is 6.04 Å². The van der Waals surface area contributed by atoms with Crippen LogP contribution in [0.3, 0.4) is 0 Å². The van der Waals surface area contributed by atoms with Gasteiger partial charge in [-0.3, -0.25) is 0 Å². The summed E-state index contributed by atoms with van der Waals surface area (Å²) in [6.07, 6.45) is 0. The molecule has 0 saturated carbocycles. The summed E-state index contributed by atoms with van der Waals surface area (Å²) in [5.41, 5.74) is -0.859. The molecule has 0 radical (unpaired) electrons. The SMILES string of the molecule is CNC(c1ccc(F)c(F)c1F)c1ccc(F)c(F)c1F. The molecule has 21 heavy (non-hydrogen) atoms. The molecule has 7 heteroatoms. The summed E-state index contributed by atoms with van der Waals surface area (Å²) in [7, 11) is 1.28. The highest BCUT2D eigenvalue weighted by atomic mass is 19.2. The first kappa shape index (κ1) is 15.4. The molecule has 2 rings (SSSR count). The second-order valence-corrected chi connectivity index (χ2v) is 4.25. The van der Waals surface area contributed by atoms with E-state index in [9.17, 15) is 26.3 Å². The van der Waals surface area contributed by atoms with Crippen LogP contribution < -0.4 is 5.32 Å². The number of rotatable bonds is 3. The molecule has 0 bridgehead atoms. The monoisotopic (exact) mass is 305 g/mol. The zero-order chi connectivity index (χ0) is 15.7. The highest BCUT2D eigenvalue weighted by Gasteiger charge is 2.25. The number of hydrogen-bond acceptors (Lipinski definition) is 1. The maximum Gasteiger partial charge on any atom is 0.194 e. The Morgan fingerprint density at radius 2 is 1.05 bits per heavy atom. The van der Waals surface area contributed by atoms with Gasteiger partial charge in [0.2, 0.25) is 0 Å². The maximum atomic E-state index is 13.8. The minimum Gasteiger partial charge on any atom is -0.309 e. The minimum atomic E-state index is -1.73. The van der Waals surface area contributed by atoms with Gasteiger partial charge >= 0.3 is 0 Å². The normalized spacial score (nSPS) is 11.2. The number of halogens is 6. The first-order valence-electron chi connectivity index (χ1n) is 5.82. The quantitative estimate of drug-likeness (QED) is 0.671. The molecule has 112 valence electrons. The Hall–Kier alpha value is -2.02. The van der Waals surface area contributed by atoms with E-state index >= 15 is 0 Å². The average molecular weight is 305 g/mol. The summed E-state index contributed by atoms with van der Waals surface area (Å²) in [6, 6.07) is 1.81. The van der Waals surface area contributed by atoms with E-state index in [0.717, 1.165) is 12.1 Å². The molecule has 0 heterocycles. The largest absolute Gasteiger partial charge is 0.309 e. The van der Waals surface area contributed by atoms with E-state index in [-0.39, 0.29) is 0 Å². The fourth-order valence-corrected chi connectivity index (χ4v) is 2.01. The molecule has 0 atom stereocenters. The van der Waals surface area contributed by atoms with Crippen LogP contribution in [0.15, 0.2) is 24.3 Å². The Morgan fingerprint density at radius 3 is 1.38 bits per heavy atom. The Labute approximate surface area is 116 Å². The topological polar surface area (TPSA) is 12.0 Å². The van der Waals surface area contributed by atoms with Crippen LogP contribution in [0.1, 0.15) is 17.2 Å². The minimum absolute atomic E-state index is 0.429. The van der Waals surface area contributed by atoms with E-state index in [4.69, 9.17) is 0 Å². The zero-order valence-corrected chi connectivity index (χ0v) is 10.7. The highest BCUT2D eigenvalue weighted by molar-refractivity contribution is 5.35. The van der Waals surface area contributed by atoms with Crippen LogP contribution in [0.2, 0.25) is 0 Å². The number of hydrogen-bond donors (Lipinski definition) is 1. The van der Waals surface area contributed by atoms with Gasteiger partial charge in [-0.25, -0.2) is 26.3 Å². The van der Waals surface area contributed by atoms with E-state index < -0.39 is 52.1 Å². The van der Waals surface area contributed by atoms with E-state index in [1.807, 2.05) is 0 Å². The van der Waals surface area contributed by atoms with Crippen molar-refractivity contribution < 1.29 is 26.3 Å². The third-order valence-electron chi connectivity index (χ3n) is 3.04. The highest BCUT2D eigenvalue weighted by Crippen LogP contribution is 2.29. The lowest BCUT2D eigenvalue weighted by molar-refractivity contribution is 0.422. The summed E-state index contributed by atoms with van der Waals surface area (Å²) in [4.78, 5) is 0. The molecule has 0 saturated heterocycles. The van der Waals surface area contributed by atoms with Gasteiger partial charge in [0, 0.05) is 11.1 Å². The molecular weight excluding hydrogens is 296 g/mol. The van der Waals surface area contributed by atoms with Crippen LogP contribution in [-0.2, 0) is 0 Å². The molecule has 1 nitrogen and oxygen atoms in total. The third-order valence-corrected chi connectivity index (χ3v) is 3.04. The third kappa shape index (κ3) is 2.61. The molecular formula is C14H9F6N. The van der Waals surface area contributed by atoms with Crippen molar-refractivity contribution in [2.24, 2.45) is 0 Å². The van der Waals surface area contributed by atoms with E-state index in [1.165, 1.54) is 7.05 Å². The standard InChI is InChI=1S/C14H9F6N/c1-21-14(6-2-4-8(15)12(19)10(6)17)7-3-5-9(16)13(20)11(7)18/h2-5,14,21H,1H3. The van der Waals surface area contributed by atoms with Crippen LogP contribution in [0.25, 0.3) is 0 Å². The smallest absolute Gasteiger partial charge is 0.194 e. The van der Waals surface area contributed by atoms with Gasteiger partial charge in [-0.05, 0) is 19.2 Å². The summed E-state index contributed by atoms with van der Waals surface area (Å²) in [6.45, 7) is 0. The molecule has 1 N–H and O–H groups in total. The van der Waals surface area contributed by atoms with Crippen molar-refractivity contribution >= 4 is 0 Å². The molecule has 0 aliphatic heterocycles. The van der Waals surface area contributed by atoms with Gasteiger partial charge in [-0.15, -0.1) is 0 Å². The predicted molar refractivity (Wildman–Crippen MR) is 63.5 cm³/mol. The Morgan fingerprint density at radius 1 is 0.667 bits per heavy atom. The zero-order valence-electron chi connectivity index (χ0n) is 10.7. The van der Waals surface area contributed by atoms with E-state index in [1.54, 1.807) is 0 Å². The lowest BCUT2D eigenvalue weighted by atomic mass is 9.97. The van der Waals surface area contributed by atoms with Crippen LogP contribution in [-0.4, -0.2) is 7.05 Å². The first-order valence-corrected chi connectivity index (χ1v) is 5.82. The van der Waals surface area contributed by atoms with Gasteiger partial charge in [0.25, 0.3) is 0 Å². The second kappa shape index (κ2) is 5.77. The number of benzene rings is 2. The van der Waals surface area contributed by atoms with Crippen molar-refractivity contribution in [1.29, 1.82) is 0 Å². The Kier molecular flexibility index (Phi) is 4.22. The van der Waals surface area contributed by atoms with Crippen LogP contribution in [0.4, 0.5) is 26.3 Å². The predicted octanol–water partition coefficient (Wildman–Crippen LogP) is 3.83. The molecule has 0 amide bonds. The molecule has 0 aliphatic rings. The molecule has 2 aromatic carbocycles.